The fourth-order valence-corrected chi connectivity index (χ4v) is 3.64. The summed E-state index contributed by atoms with van der Waals surface area (Å²) in [5, 5.41) is 27.5. The zero-order chi connectivity index (χ0) is 19.3. The van der Waals surface area contributed by atoms with Crippen LogP contribution in [0.2, 0.25) is 0 Å². The molecule has 0 saturated carbocycles. The van der Waals surface area contributed by atoms with Crippen LogP contribution in [0.15, 0.2) is 28.4 Å². The van der Waals surface area contributed by atoms with Crippen molar-refractivity contribution in [1.29, 1.82) is 10.5 Å². The van der Waals surface area contributed by atoms with Crippen LogP contribution < -0.4 is 4.90 Å². The summed E-state index contributed by atoms with van der Waals surface area (Å²) in [4.78, 5) is 2.87. The average Bonchev–Trinajstić information content (AvgIpc) is 2.93. The average molecular weight is 366 g/mol. The van der Waals surface area contributed by atoms with E-state index >= 15 is 0 Å². The van der Waals surface area contributed by atoms with Gasteiger partial charge in [0.25, 0.3) is 0 Å². The van der Waals surface area contributed by atoms with Crippen molar-refractivity contribution in [1.82, 2.24) is 0 Å². The second-order valence-electron chi connectivity index (χ2n) is 6.42. The molecule has 1 heterocycles. The molecule has 6 heteroatoms. The number of hydrogen-bond acceptors (Lipinski definition) is 6. The van der Waals surface area contributed by atoms with Crippen molar-refractivity contribution in [3.63, 3.8) is 0 Å². The van der Waals surface area contributed by atoms with Crippen LogP contribution in [0.1, 0.15) is 48.8 Å². The Balaban J connectivity index is 2.33. The first kappa shape index (κ1) is 19.6. The molecule has 0 N–H and O–H groups in total. The first-order valence-corrected chi connectivity index (χ1v) is 9.47. The predicted molar refractivity (Wildman–Crippen MR) is 107 cm³/mol. The third-order valence-electron chi connectivity index (χ3n) is 4.19. The van der Waals surface area contributed by atoms with Gasteiger partial charge in [-0.15, -0.1) is 21.6 Å². The van der Waals surface area contributed by atoms with Gasteiger partial charge in [-0.2, -0.15) is 10.5 Å². The molecule has 0 aliphatic carbocycles. The van der Waals surface area contributed by atoms with E-state index in [2.05, 4.69) is 60.2 Å². The Labute approximate surface area is 159 Å². The number of anilines is 1. The lowest BCUT2D eigenvalue weighted by molar-refractivity contribution is 0.671. The normalized spacial score (nSPS) is 10.9. The molecule has 0 spiro atoms. The molecule has 0 unspecified atom stereocenters. The van der Waals surface area contributed by atoms with E-state index in [1.807, 2.05) is 13.0 Å². The summed E-state index contributed by atoms with van der Waals surface area (Å²) in [5.74, 6) is 0. The lowest BCUT2D eigenvalue weighted by Crippen LogP contribution is -2.31. The molecule has 2 aromatic rings. The molecule has 0 amide bonds. The number of azo groups is 1. The number of thiophene rings is 1. The lowest BCUT2D eigenvalue weighted by atomic mass is 10.1. The van der Waals surface area contributed by atoms with Gasteiger partial charge in [-0.3, -0.25) is 0 Å². The molecule has 1 aromatic heterocycles. The monoisotopic (exact) mass is 365 g/mol. The standard InChI is InChI=1S/C20H23N5S/c1-6-9-25(13(2)3)16-7-8-18(14(4)10-16)23-24-20-17(11-21)15(5)19(12-22)26-20/h7-8,10,13H,6,9H2,1-5H3. The summed E-state index contributed by atoms with van der Waals surface area (Å²) in [6, 6.07) is 10.8. The minimum absolute atomic E-state index is 0.429. The molecule has 0 atom stereocenters. The van der Waals surface area contributed by atoms with Gasteiger partial charge in [0.15, 0.2) is 5.00 Å². The highest BCUT2D eigenvalue weighted by atomic mass is 32.1. The number of aryl methyl sites for hydroxylation is 1. The Morgan fingerprint density at radius 2 is 1.88 bits per heavy atom. The van der Waals surface area contributed by atoms with Crippen LogP contribution in [0.4, 0.5) is 16.4 Å². The first-order chi connectivity index (χ1) is 12.4. The first-order valence-electron chi connectivity index (χ1n) is 8.65. The maximum Gasteiger partial charge on any atom is 0.158 e. The summed E-state index contributed by atoms with van der Waals surface area (Å²) in [6.45, 7) is 11.3. The van der Waals surface area contributed by atoms with Crippen LogP contribution in [0.5, 0.6) is 0 Å². The van der Waals surface area contributed by atoms with Gasteiger partial charge >= 0.3 is 0 Å². The van der Waals surface area contributed by atoms with E-state index < -0.39 is 0 Å². The van der Waals surface area contributed by atoms with Crippen LogP contribution in [0, 0.1) is 36.5 Å². The Bertz CT molecular complexity index is 896. The second-order valence-corrected chi connectivity index (χ2v) is 7.42. The van der Waals surface area contributed by atoms with Gasteiger partial charge in [0.2, 0.25) is 0 Å². The van der Waals surface area contributed by atoms with Crippen LogP contribution in [-0.4, -0.2) is 12.6 Å². The van der Waals surface area contributed by atoms with Crippen molar-refractivity contribution in [2.24, 2.45) is 10.2 Å². The Morgan fingerprint density at radius 1 is 1.15 bits per heavy atom. The molecule has 0 fully saturated rings. The third-order valence-corrected chi connectivity index (χ3v) is 5.27. The minimum atomic E-state index is 0.429. The van der Waals surface area contributed by atoms with Gasteiger partial charge in [0, 0.05) is 18.3 Å². The quantitative estimate of drug-likeness (QED) is 0.576. The summed E-state index contributed by atoms with van der Waals surface area (Å²) in [7, 11) is 0. The Morgan fingerprint density at radius 3 is 2.42 bits per heavy atom. The summed E-state index contributed by atoms with van der Waals surface area (Å²) in [5.41, 5.74) is 4.07. The summed E-state index contributed by atoms with van der Waals surface area (Å²) in [6.07, 6.45) is 1.09. The molecule has 1 aromatic carbocycles. The topological polar surface area (TPSA) is 75.5 Å². The second kappa shape index (κ2) is 8.60. The third kappa shape index (κ3) is 4.09. The maximum absolute atomic E-state index is 9.30. The van der Waals surface area contributed by atoms with Gasteiger partial charge in [-0.25, -0.2) is 0 Å². The van der Waals surface area contributed by atoms with Crippen molar-refractivity contribution in [3.8, 4) is 12.1 Å². The fourth-order valence-electron chi connectivity index (χ4n) is 2.76. The van der Waals surface area contributed by atoms with Gasteiger partial charge in [0.1, 0.15) is 17.0 Å². The van der Waals surface area contributed by atoms with Gasteiger partial charge in [-0.1, -0.05) is 6.92 Å². The molecule has 5 nitrogen and oxygen atoms in total. The number of nitriles is 2. The zero-order valence-electron chi connectivity index (χ0n) is 15.9. The summed E-state index contributed by atoms with van der Waals surface area (Å²) >= 11 is 1.20. The molecule has 0 radical (unpaired) electrons. The van der Waals surface area contributed by atoms with Crippen molar-refractivity contribution in [2.75, 3.05) is 11.4 Å². The molecular weight excluding hydrogens is 342 g/mol. The van der Waals surface area contributed by atoms with Crippen LogP contribution in [0.3, 0.4) is 0 Å². The largest absolute Gasteiger partial charge is 0.369 e. The van der Waals surface area contributed by atoms with Crippen LogP contribution in [-0.2, 0) is 0 Å². The highest BCUT2D eigenvalue weighted by Crippen LogP contribution is 2.36. The van der Waals surface area contributed by atoms with E-state index in [1.54, 1.807) is 6.92 Å². The molecule has 2 rings (SSSR count). The van der Waals surface area contributed by atoms with E-state index in [1.165, 1.54) is 17.0 Å². The van der Waals surface area contributed by atoms with Gasteiger partial charge in [-0.05, 0) is 63.4 Å². The van der Waals surface area contributed by atoms with E-state index in [0.29, 0.717) is 27.0 Å². The lowest BCUT2D eigenvalue weighted by Gasteiger charge is -2.29. The highest BCUT2D eigenvalue weighted by Gasteiger charge is 2.15. The van der Waals surface area contributed by atoms with Crippen LogP contribution in [0.25, 0.3) is 0 Å². The van der Waals surface area contributed by atoms with E-state index in [0.717, 1.165) is 24.2 Å². The molecule has 0 aliphatic rings. The number of rotatable bonds is 6. The maximum atomic E-state index is 9.30. The molecule has 0 bridgehead atoms. The minimum Gasteiger partial charge on any atom is -0.369 e. The number of nitrogens with zero attached hydrogens (tertiary/aromatic N) is 5. The molecule has 0 aliphatic heterocycles. The van der Waals surface area contributed by atoms with Gasteiger partial charge in [0.05, 0.1) is 11.3 Å². The molecular formula is C20H23N5S. The van der Waals surface area contributed by atoms with Gasteiger partial charge < -0.3 is 4.90 Å². The number of hydrogen-bond donors (Lipinski definition) is 0. The smallest absolute Gasteiger partial charge is 0.158 e. The van der Waals surface area contributed by atoms with Crippen molar-refractivity contribution >= 4 is 27.7 Å². The SMILES string of the molecule is CCCN(c1ccc(N=Nc2sc(C#N)c(C)c2C#N)c(C)c1)C(C)C. The zero-order valence-corrected chi connectivity index (χ0v) is 16.7. The highest BCUT2D eigenvalue weighted by molar-refractivity contribution is 7.16. The van der Waals surface area contributed by atoms with E-state index in [-0.39, 0.29) is 0 Å². The molecule has 26 heavy (non-hydrogen) atoms. The predicted octanol–water partition coefficient (Wildman–Crippen LogP) is 6.15. The Kier molecular flexibility index (Phi) is 6.49. The van der Waals surface area contributed by atoms with E-state index in [4.69, 9.17) is 5.26 Å². The van der Waals surface area contributed by atoms with Crippen LogP contribution >= 0.6 is 11.3 Å². The molecule has 0 saturated heterocycles. The summed E-state index contributed by atoms with van der Waals surface area (Å²) < 4.78 is 0. The van der Waals surface area contributed by atoms with E-state index in [9.17, 15) is 5.26 Å². The van der Waals surface area contributed by atoms with Crippen molar-refractivity contribution in [3.05, 3.63) is 39.8 Å². The fraction of sp³-hybridized carbons (Fsp3) is 0.400. The van der Waals surface area contributed by atoms with Crippen molar-refractivity contribution < 1.29 is 0 Å². The Hall–Kier alpha value is -2.70. The number of benzene rings is 1. The van der Waals surface area contributed by atoms with Crippen molar-refractivity contribution in [2.45, 2.75) is 47.1 Å². The molecule has 134 valence electrons.